The summed E-state index contributed by atoms with van der Waals surface area (Å²) in [6.07, 6.45) is -2.01. The Labute approximate surface area is 197 Å². The molecule has 3 aliphatic rings. The number of furan rings is 1. The monoisotopic (exact) mass is 518 g/mol. The summed E-state index contributed by atoms with van der Waals surface area (Å²) in [5.74, 6) is -3.86. The highest BCUT2D eigenvalue weighted by molar-refractivity contribution is 5.73. The Hall–Kier alpha value is -2.32. The number of piperidine rings is 1. The van der Waals surface area contributed by atoms with Gasteiger partial charge in [-0.05, 0) is 31.2 Å². The molecule has 200 valence electrons. The number of hydrogen-bond acceptors (Lipinski definition) is 6. The highest BCUT2D eigenvalue weighted by Gasteiger charge is 2.45. The molecule has 4 rings (SSSR count). The number of halogens is 6. The van der Waals surface area contributed by atoms with Crippen molar-refractivity contribution in [3.8, 4) is 0 Å². The number of methoxy groups -OCH3 is 1. The first kappa shape index (κ1) is 28.9. The molecule has 0 bridgehead atoms. The van der Waals surface area contributed by atoms with E-state index in [2.05, 4.69) is 15.9 Å². The fraction of sp³-hybridized carbons (Fsp3) is 0.714. The van der Waals surface area contributed by atoms with Gasteiger partial charge in [-0.3, -0.25) is 4.90 Å². The summed E-state index contributed by atoms with van der Waals surface area (Å²) in [7, 11) is 1.89. The van der Waals surface area contributed by atoms with E-state index in [4.69, 9.17) is 29.0 Å². The predicted molar refractivity (Wildman–Crippen MR) is 108 cm³/mol. The maximum absolute atomic E-state index is 10.6. The molecular formula is C21H28F6N2O6. The van der Waals surface area contributed by atoms with Crippen molar-refractivity contribution < 1.29 is 55.3 Å². The Balaban J connectivity index is 0.000000257. The average molecular weight is 518 g/mol. The third-order valence-corrected chi connectivity index (χ3v) is 6.02. The SMILES string of the molecule is CO[C@H]1CCN(Cc2ccoc2)[C@@H]2CN(CC3CC3)C[C@H]12.O=C(O)C(F)(F)F.O=C(O)C(F)(F)F. The second-order valence-electron chi connectivity index (χ2n) is 8.66. The average Bonchev–Trinajstić information content (AvgIpc) is 3.22. The molecule has 1 saturated carbocycles. The zero-order valence-electron chi connectivity index (χ0n) is 18.9. The van der Waals surface area contributed by atoms with Crippen molar-refractivity contribution in [3.63, 3.8) is 0 Å². The first-order valence-electron chi connectivity index (χ1n) is 10.8. The predicted octanol–water partition coefficient (Wildman–Crippen LogP) is 3.48. The number of nitrogens with zero attached hydrogens (tertiary/aromatic N) is 2. The lowest BCUT2D eigenvalue weighted by molar-refractivity contribution is -0.193. The van der Waals surface area contributed by atoms with E-state index in [1.807, 2.05) is 13.4 Å². The molecule has 0 radical (unpaired) electrons. The number of hydrogen-bond donors (Lipinski definition) is 2. The minimum absolute atomic E-state index is 0.444. The van der Waals surface area contributed by atoms with Gasteiger partial charge in [0.1, 0.15) is 0 Å². The number of aliphatic carboxylic acids is 2. The van der Waals surface area contributed by atoms with Crippen LogP contribution in [0.4, 0.5) is 26.3 Å². The zero-order valence-corrected chi connectivity index (χ0v) is 18.9. The largest absolute Gasteiger partial charge is 0.490 e. The zero-order chi connectivity index (χ0) is 26.4. The number of rotatable bonds is 5. The molecule has 14 heteroatoms. The van der Waals surface area contributed by atoms with E-state index in [-0.39, 0.29) is 0 Å². The van der Waals surface area contributed by atoms with E-state index < -0.39 is 24.3 Å². The second-order valence-corrected chi connectivity index (χ2v) is 8.66. The van der Waals surface area contributed by atoms with Crippen LogP contribution in [0.15, 0.2) is 23.0 Å². The lowest BCUT2D eigenvalue weighted by Gasteiger charge is -2.41. The van der Waals surface area contributed by atoms with Crippen LogP contribution in [-0.2, 0) is 20.9 Å². The van der Waals surface area contributed by atoms with Crippen LogP contribution in [-0.4, -0.2) is 89.7 Å². The van der Waals surface area contributed by atoms with E-state index in [1.165, 1.54) is 38.0 Å². The summed E-state index contributed by atoms with van der Waals surface area (Å²) in [5.41, 5.74) is 1.30. The number of alkyl halides is 6. The summed E-state index contributed by atoms with van der Waals surface area (Å²) in [6.45, 7) is 5.91. The number of carboxylic acid groups (broad SMARTS) is 2. The standard InChI is InChI=1S/C17H26N2O2.2C2HF3O2/c1-20-17-4-6-19(9-14-5-7-21-12-14)16-11-18(10-15(16)17)8-13-2-3-13;2*3-2(4,5)1(6)7/h5,7,12-13,15-17H,2-4,6,8-11H2,1H3;2*(H,6,7)/t15-,16+,17-;;/m0../s1. The van der Waals surface area contributed by atoms with Crippen LogP contribution in [0, 0.1) is 11.8 Å². The molecule has 8 nitrogen and oxygen atoms in total. The van der Waals surface area contributed by atoms with Gasteiger partial charge in [0.25, 0.3) is 0 Å². The lowest BCUT2D eigenvalue weighted by atomic mass is 9.89. The maximum Gasteiger partial charge on any atom is 0.490 e. The van der Waals surface area contributed by atoms with E-state index in [1.54, 1.807) is 6.26 Å². The van der Waals surface area contributed by atoms with Gasteiger partial charge >= 0.3 is 24.3 Å². The molecule has 0 spiro atoms. The first-order chi connectivity index (χ1) is 16.2. The van der Waals surface area contributed by atoms with E-state index in [0.717, 1.165) is 25.4 Å². The highest BCUT2D eigenvalue weighted by atomic mass is 19.4. The number of likely N-dealkylation sites (tertiary alicyclic amines) is 2. The molecule has 35 heavy (non-hydrogen) atoms. The molecule has 3 atom stereocenters. The molecule has 1 aliphatic carbocycles. The fourth-order valence-corrected chi connectivity index (χ4v) is 4.24. The summed E-state index contributed by atoms with van der Waals surface area (Å²) in [6, 6.07) is 2.74. The Kier molecular flexibility index (Phi) is 9.98. The van der Waals surface area contributed by atoms with E-state index >= 15 is 0 Å². The maximum atomic E-state index is 10.6. The quantitative estimate of drug-likeness (QED) is 0.572. The van der Waals surface area contributed by atoms with Gasteiger partial charge in [-0.2, -0.15) is 26.3 Å². The molecule has 0 unspecified atom stereocenters. The minimum atomic E-state index is -5.08. The van der Waals surface area contributed by atoms with Crippen LogP contribution in [0.2, 0.25) is 0 Å². The van der Waals surface area contributed by atoms with E-state index in [9.17, 15) is 26.3 Å². The van der Waals surface area contributed by atoms with Crippen molar-refractivity contribution in [1.82, 2.24) is 9.80 Å². The van der Waals surface area contributed by atoms with Gasteiger partial charge < -0.3 is 24.3 Å². The second kappa shape index (κ2) is 12.1. The molecule has 2 saturated heterocycles. The van der Waals surface area contributed by atoms with Crippen LogP contribution in [0.5, 0.6) is 0 Å². The van der Waals surface area contributed by atoms with Gasteiger partial charge in [-0.1, -0.05) is 0 Å². The van der Waals surface area contributed by atoms with Crippen LogP contribution in [0.25, 0.3) is 0 Å². The molecule has 3 fully saturated rings. The molecular weight excluding hydrogens is 490 g/mol. The number of fused-ring (bicyclic) bond motifs is 1. The Bertz CT molecular complexity index is 788. The van der Waals surface area contributed by atoms with Crippen molar-refractivity contribution >= 4 is 11.9 Å². The molecule has 1 aromatic heterocycles. The number of carboxylic acids is 2. The van der Waals surface area contributed by atoms with Crippen molar-refractivity contribution in [3.05, 3.63) is 24.2 Å². The van der Waals surface area contributed by atoms with Gasteiger partial charge in [-0.25, -0.2) is 9.59 Å². The highest BCUT2D eigenvalue weighted by Crippen LogP contribution is 2.36. The van der Waals surface area contributed by atoms with Gasteiger partial charge in [0, 0.05) is 57.4 Å². The van der Waals surface area contributed by atoms with Crippen molar-refractivity contribution in [2.75, 3.05) is 33.3 Å². The molecule has 0 aromatic carbocycles. The van der Waals surface area contributed by atoms with Gasteiger partial charge in [-0.15, -0.1) is 0 Å². The lowest BCUT2D eigenvalue weighted by Crippen LogP contribution is -2.50. The summed E-state index contributed by atoms with van der Waals surface area (Å²) in [5, 5.41) is 14.2. The van der Waals surface area contributed by atoms with Gasteiger partial charge in [0.2, 0.25) is 0 Å². The topological polar surface area (TPSA) is 103 Å². The minimum Gasteiger partial charge on any atom is -0.475 e. The normalized spacial score (nSPS) is 25.1. The van der Waals surface area contributed by atoms with Crippen LogP contribution in [0.1, 0.15) is 24.8 Å². The van der Waals surface area contributed by atoms with Crippen molar-refractivity contribution in [2.24, 2.45) is 11.8 Å². The van der Waals surface area contributed by atoms with Crippen LogP contribution >= 0.6 is 0 Å². The van der Waals surface area contributed by atoms with Gasteiger partial charge in [0.15, 0.2) is 0 Å². The third-order valence-electron chi connectivity index (χ3n) is 6.02. The molecule has 2 N–H and O–H groups in total. The first-order valence-corrected chi connectivity index (χ1v) is 10.8. The smallest absolute Gasteiger partial charge is 0.475 e. The Morgan fingerprint density at radius 1 is 1.06 bits per heavy atom. The van der Waals surface area contributed by atoms with Gasteiger partial charge in [0.05, 0.1) is 18.6 Å². The number of carbonyl (C=O) groups is 2. The van der Waals surface area contributed by atoms with E-state index in [0.29, 0.717) is 18.1 Å². The Morgan fingerprint density at radius 2 is 1.63 bits per heavy atom. The Morgan fingerprint density at radius 3 is 2.06 bits per heavy atom. The summed E-state index contributed by atoms with van der Waals surface area (Å²) >= 11 is 0. The fourth-order valence-electron chi connectivity index (χ4n) is 4.24. The molecule has 0 amide bonds. The third kappa shape index (κ3) is 9.33. The van der Waals surface area contributed by atoms with Crippen LogP contribution < -0.4 is 0 Å². The van der Waals surface area contributed by atoms with Crippen LogP contribution in [0.3, 0.4) is 0 Å². The number of ether oxygens (including phenoxy) is 1. The van der Waals surface area contributed by atoms with Crippen molar-refractivity contribution in [1.29, 1.82) is 0 Å². The molecule has 2 aliphatic heterocycles. The molecule has 3 heterocycles. The summed E-state index contributed by atoms with van der Waals surface area (Å²) < 4.78 is 74.5. The molecule has 1 aromatic rings. The summed E-state index contributed by atoms with van der Waals surface area (Å²) in [4.78, 5) is 23.1. The van der Waals surface area contributed by atoms with Crippen molar-refractivity contribution in [2.45, 2.75) is 50.3 Å².